The Balaban J connectivity index is 2.02. The number of piperidine rings is 1. The maximum atomic E-state index is 12.6. The molecule has 4 nitrogen and oxygen atoms in total. The zero-order valence-electron chi connectivity index (χ0n) is 12.6. The van der Waals surface area contributed by atoms with E-state index >= 15 is 0 Å². The molecule has 1 N–H and O–H groups in total. The second-order valence-electron chi connectivity index (χ2n) is 6.74. The van der Waals surface area contributed by atoms with Crippen molar-refractivity contribution in [2.45, 2.75) is 77.2 Å². The van der Waals surface area contributed by atoms with Crippen LogP contribution in [0.4, 0.5) is 0 Å². The van der Waals surface area contributed by atoms with E-state index in [0.29, 0.717) is 12.5 Å². The third kappa shape index (κ3) is 3.74. The van der Waals surface area contributed by atoms with Gasteiger partial charge in [0, 0.05) is 19.0 Å². The van der Waals surface area contributed by atoms with Crippen LogP contribution in [-0.2, 0) is 9.59 Å². The molecule has 0 radical (unpaired) electrons. The maximum Gasteiger partial charge on any atom is 0.303 e. The van der Waals surface area contributed by atoms with Gasteiger partial charge in [0.1, 0.15) is 0 Å². The lowest BCUT2D eigenvalue weighted by Crippen LogP contribution is -2.44. The average molecular weight is 281 g/mol. The topological polar surface area (TPSA) is 57.6 Å². The fourth-order valence-electron chi connectivity index (χ4n) is 3.93. The van der Waals surface area contributed by atoms with Crippen molar-refractivity contribution in [3.63, 3.8) is 0 Å². The molecule has 114 valence electrons. The Morgan fingerprint density at radius 2 is 1.80 bits per heavy atom. The average Bonchev–Trinajstić information content (AvgIpc) is 2.39. The van der Waals surface area contributed by atoms with E-state index < -0.39 is 5.97 Å². The molecule has 4 heteroatoms. The Morgan fingerprint density at radius 1 is 1.10 bits per heavy atom. The van der Waals surface area contributed by atoms with Gasteiger partial charge in [-0.1, -0.05) is 19.3 Å². The molecule has 1 aliphatic heterocycles. The molecule has 2 aliphatic rings. The highest BCUT2D eigenvalue weighted by molar-refractivity contribution is 5.78. The second kappa shape index (κ2) is 6.59. The summed E-state index contributed by atoms with van der Waals surface area (Å²) in [6.45, 7) is 2.96. The number of hydrogen-bond donors (Lipinski definition) is 1. The number of rotatable bonds is 4. The van der Waals surface area contributed by atoms with Gasteiger partial charge in [-0.05, 0) is 44.4 Å². The Labute approximate surface area is 121 Å². The summed E-state index contributed by atoms with van der Waals surface area (Å²) >= 11 is 0. The van der Waals surface area contributed by atoms with Gasteiger partial charge in [0.05, 0.1) is 6.42 Å². The zero-order valence-corrected chi connectivity index (χ0v) is 12.6. The van der Waals surface area contributed by atoms with Crippen molar-refractivity contribution >= 4 is 11.9 Å². The number of amides is 1. The summed E-state index contributed by atoms with van der Waals surface area (Å²) in [6, 6.07) is 0.321. The summed E-state index contributed by atoms with van der Waals surface area (Å²) in [5, 5.41) is 9.18. The Kier molecular flexibility index (Phi) is 5.06. The zero-order chi connectivity index (χ0) is 14.6. The summed E-state index contributed by atoms with van der Waals surface area (Å²) in [5.74, 6) is -0.577. The predicted molar refractivity (Wildman–Crippen MR) is 77.4 cm³/mol. The van der Waals surface area contributed by atoms with Crippen molar-refractivity contribution in [3.05, 3.63) is 0 Å². The van der Waals surface area contributed by atoms with Gasteiger partial charge in [-0.3, -0.25) is 9.59 Å². The van der Waals surface area contributed by atoms with E-state index in [-0.39, 0.29) is 17.7 Å². The summed E-state index contributed by atoms with van der Waals surface area (Å²) in [4.78, 5) is 25.8. The fourth-order valence-corrected chi connectivity index (χ4v) is 3.93. The largest absolute Gasteiger partial charge is 0.481 e. The molecule has 0 bridgehead atoms. The monoisotopic (exact) mass is 281 g/mol. The van der Waals surface area contributed by atoms with Crippen LogP contribution < -0.4 is 0 Å². The molecular weight excluding hydrogens is 254 g/mol. The number of carbonyl (C=O) groups excluding carboxylic acids is 1. The first-order valence-electron chi connectivity index (χ1n) is 8.04. The van der Waals surface area contributed by atoms with Gasteiger partial charge in [-0.2, -0.15) is 0 Å². The number of hydrogen-bond acceptors (Lipinski definition) is 2. The maximum absolute atomic E-state index is 12.6. The molecule has 2 rings (SSSR count). The second-order valence-corrected chi connectivity index (χ2v) is 6.74. The quantitative estimate of drug-likeness (QED) is 0.861. The first kappa shape index (κ1) is 15.3. The van der Waals surface area contributed by atoms with Gasteiger partial charge < -0.3 is 10.0 Å². The lowest BCUT2D eigenvalue weighted by molar-refractivity contribution is -0.143. The van der Waals surface area contributed by atoms with Crippen LogP contribution in [0, 0.1) is 5.41 Å². The minimum atomic E-state index is -0.758. The summed E-state index contributed by atoms with van der Waals surface area (Å²) < 4.78 is 0. The highest BCUT2D eigenvalue weighted by Crippen LogP contribution is 2.43. The lowest BCUT2D eigenvalue weighted by atomic mass is 9.69. The third-order valence-corrected chi connectivity index (χ3v) is 5.09. The third-order valence-electron chi connectivity index (χ3n) is 5.09. The number of nitrogens with zero attached hydrogens (tertiary/aromatic N) is 1. The molecule has 0 aromatic rings. The van der Waals surface area contributed by atoms with Gasteiger partial charge in [0.25, 0.3) is 0 Å². The number of carboxylic acid groups (broad SMARTS) is 1. The van der Waals surface area contributed by atoms with E-state index in [0.717, 1.165) is 45.1 Å². The number of carboxylic acids is 1. The van der Waals surface area contributed by atoms with Crippen molar-refractivity contribution in [3.8, 4) is 0 Å². The van der Waals surface area contributed by atoms with Crippen molar-refractivity contribution < 1.29 is 14.7 Å². The molecule has 1 heterocycles. The number of aliphatic carboxylic acids is 1. The summed E-state index contributed by atoms with van der Waals surface area (Å²) in [7, 11) is 0. The van der Waals surface area contributed by atoms with E-state index in [1.165, 1.54) is 12.8 Å². The van der Waals surface area contributed by atoms with E-state index in [4.69, 9.17) is 0 Å². The van der Waals surface area contributed by atoms with Crippen LogP contribution in [0.25, 0.3) is 0 Å². The molecule has 1 unspecified atom stereocenters. The molecule has 0 spiro atoms. The number of likely N-dealkylation sites (tertiary alicyclic amines) is 1. The highest BCUT2D eigenvalue weighted by Gasteiger charge is 2.38. The Hall–Kier alpha value is -1.06. The molecule has 1 saturated heterocycles. The van der Waals surface area contributed by atoms with Crippen LogP contribution in [0.1, 0.15) is 71.1 Å². The van der Waals surface area contributed by atoms with Gasteiger partial charge in [0.15, 0.2) is 0 Å². The van der Waals surface area contributed by atoms with E-state index in [2.05, 4.69) is 6.92 Å². The van der Waals surface area contributed by atoms with Crippen LogP contribution >= 0.6 is 0 Å². The van der Waals surface area contributed by atoms with Crippen LogP contribution in [0.15, 0.2) is 0 Å². The van der Waals surface area contributed by atoms with Crippen LogP contribution in [0.3, 0.4) is 0 Å². The van der Waals surface area contributed by atoms with Crippen molar-refractivity contribution in [2.75, 3.05) is 6.54 Å². The predicted octanol–water partition coefficient (Wildman–Crippen LogP) is 3.20. The molecule has 0 aromatic carbocycles. The van der Waals surface area contributed by atoms with Gasteiger partial charge in [-0.15, -0.1) is 0 Å². The molecular formula is C16H27NO3. The van der Waals surface area contributed by atoms with Crippen LogP contribution in [0.5, 0.6) is 0 Å². The summed E-state index contributed by atoms with van der Waals surface area (Å²) in [6.07, 6.45) is 9.05. The minimum absolute atomic E-state index is 0.154. The van der Waals surface area contributed by atoms with Gasteiger partial charge >= 0.3 is 5.97 Å². The Bertz CT molecular complexity index is 361. The molecule has 1 saturated carbocycles. The smallest absolute Gasteiger partial charge is 0.303 e. The van der Waals surface area contributed by atoms with Crippen LogP contribution in [-0.4, -0.2) is 34.5 Å². The molecule has 0 aromatic heterocycles. The first-order valence-corrected chi connectivity index (χ1v) is 8.04. The Morgan fingerprint density at radius 3 is 2.40 bits per heavy atom. The van der Waals surface area contributed by atoms with Crippen molar-refractivity contribution in [2.24, 2.45) is 5.41 Å². The van der Waals surface area contributed by atoms with Crippen molar-refractivity contribution in [1.82, 2.24) is 4.90 Å². The van der Waals surface area contributed by atoms with E-state index in [9.17, 15) is 14.7 Å². The first-order chi connectivity index (χ1) is 9.52. The standard InChI is InChI=1S/C16H27NO3/c1-13-7-3-6-10-17(13)14(18)11-16(12-15(19)20)8-4-2-5-9-16/h13H,2-12H2,1H3,(H,19,20). The fraction of sp³-hybridized carbons (Fsp3) is 0.875. The minimum Gasteiger partial charge on any atom is -0.481 e. The molecule has 1 aliphatic carbocycles. The van der Waals surface area contributed by atoms with Gasteiger partial charge in [-0.25, -0.2) is 0 Å². The van der Waals surface area contributed by atoms with E-state index in [1.807, 2.05) is 4.90 Å². The van der Waals surface area contributed by atoms with Crippen LogP contribution in [0.2, 0.25) is 0 Å². The molecule has 1 atom stereocenters. The SMILES string of the molecule is CC1CCCCN1C(=O)CC1(CC(=O)O)CCCCC1. The molecule has 2 fully saturated rings. The summed E-state index contributed by atoms with van der Waals surface area (Å²) in [5.41, 5.74) is -0.279. The van der Waals surface area contributed by atoms with Crippen molar-refractivity contribution in [1.29, 1.82) is 0 Å². The van der Waals surface area contributed by atoms with Gasteiger partial charge in [0.2, 0.25) is 5.91 Å². The highest BCUT2D eigenvalue weighted by atomic mass is 16.4. The number of carbonyl (C=O) groups is 2. The van der Waals surface area contributed by atoms with E-state index in [1.54, 1.807) is 0 Å². The lowest BCUT2D eigenvalue weighted by Gasteiger charge is -2.40. The molecule has 1 amide bonds. The normalized spacial score (nSPS) is 26.2. The molecule has 20 heavy (non-hydrogen) atoms.